The van der Waals surface area contributed by atoms with Gasteiger partial charge in [0.25, 0.3) is 5.56 Å². The molecule has 2 aromatic carbocycles. The standard InChI is InChI=1S/C22H23N3O2/c1-13(14-8-9-19-17(11-14)22(2,3)21(27)25-19)23-12-16-10-15-6-4-5-7-18(15)24-20(16)26/h4-11,13,23H,12H2,1-3H3,(H,24,26)(H,25,27). The second-order valence-corrected chi connectivity index (χ2v) is 7.70. The highest BCUT2D eigenvalue weighted by molar-refractivity contribution is 6.05. The molecule has 1 aromatic heterocycles. The van der Waals surface area contributed by atoms with Crippen molar-refractivity contribution in [3.05, 3.63) is 75.6 Å². The summed E-state index contributed by atoms with van der Waals surface area (Å²) in [6, 6.07) is 15.8. The number of hydrogen-bond acceptors (Lipinski definition) is 3. The van der Waals surface area contributed by atoms with Crippen molar-refractivity contribution in [2.45, 2.75) is 38.8 Å². The van der Waals surface area contributed by atoms with Gasteiger partial charge in [0.05, 0.1) is 5.41 Å². The summed E-state index contributed by atoms with van der Waals surface area (Å²) in [5.74, 6) is 0.0259. The third kappa shape index (κ3) is 3.04. The van der Waals surface area contributed by atoms with E-state index in [9.17, 15) is 9.59 Å². The van der Waals surface area contributed by atoms with E-state index in [-0.39, 0.29) is 17.5 Å². The van der Waals surface area contributed by atoms with E-state index in [1.54, 1.807) is 0 Å². The number of carbonyl (C=O) groups is 1. The fraction of sp³-hybridized carbons (Fsp3) is 0.273. The van der Waals surface area contributed by atoms with Crippen LogP contribution in [0.25, 0.3) is 10.9 Å². The van der Waals surface area contributed by atoms with Gasteiger partial charge in [-0.15, -0.1) is 0 Å². The van der Waals surface area contributed by atoms with Crippen LogP contribution >= 0.6 is 0 Å². The molecule has 1 amide bonds. The van der Waals surface area contributed by atoms with E-state index >= 15 is 0 Å². The van der Waals surface area contributed by atoms with Crippen LogP contribution in [-0.4, -0.2) is 10.9 Å². The number of nitrogens with one attached hydrogen (secondary N) is 3. The first-order chi connectivity index (χ1) is 12.9. The summed E-state index contributed by atoms with van der Waals surface area (Å²) >= 11 is 0. The molecule has 1 unspecified atom stereocenters. The molecule has 0 aliphatic carbocycles. The molecule has 1 aliphatic rings. The van der Waals surface area contributed by atoms with Crippen LogP contribution in [0.15, 0.2) is 53.3 Å². The molecule has 5 nitrogen and oxygen atoms in total. The molecule has 0 radical (unpaired) electrons. The normalized spacial score (nSPS) is 16.2. The molecule has 0 saturated heterocycles. The third-order valence-corrected chi connectivity index (χ3v) is 5.46. The Morgan fingerprint density at radius 1 is 1.07 bits per heavy atom. The maximum Gasteiger partial charge on any atom is 0.252 e. The lowest BCUT2D eigenvalue weighted by atomic mass is 9.85. The van der Waals surface area contributed by atoms with Crippen LogP contribution in [0.5, 0.6) is 0 Å². The molecule has 27 heavy (non-hydrogen) atoms. The quantitative estimate of drug-likeness (QED) is 0.665. The Hall–Kier alpha value is -2.92. The van der Waals surface area contributed by atoms with Crippen LogP contribution in [0.3, 0.4) is 0 Å². The van der Waals surface area contributed by atoms with E-state index in [0.29, 0.717) is 12.1 Å². The number of rotatable bonds is 4. The summed E-state index contributed by atoms with van der Waals surface area (Å²) in [7, 11) is 0. The Morgan fingerprint density at radius 2 is 1.85 bits per heavy atom. The maximum atomic E-state index is 12.3. The van der Waals surface area contributed by atoms with Crippen LogP contribution in [0.4, 0.5) is 5.69 Å². The lowest BCUT2D eigenvalue weighted by molar-refractivity contribution is -0.119. The predicted molar refractivity (Wildman–Crippen MR) is 108 cm³/mol. The minimum atomic E-state index is -0.527. The van der Waals surface area contributed by atoms with Gasteiger partial charge in [-0.3, -0.25) is 9.59 Å². The number of anilines is 1. The molecule has 138 valence electrons. The van der Waals surface area contributed by atoms with Crippen LogP contribution in [0.2, 0.25) is 0 Å². The zero-order valence-corrected chi connectivity index (χ0v) is 15.7. The smallest absolute Gasteiger partial charge is 0.252 e. The molecule has 0 spiro atoms. The molecule has 0 fully saturated rings. The van der Waals surface area contributed by atoms with Crippen molar-refractivity contribution in [1.82, 2.24) is 10.3 Å². The average Bonchev–Trinajstić information content (AvgIpc) is 2.88. The SMILES string of the molecule is CC(NCc1cc2ccccc2[nH]c1=O)c1ccc2c(c1)C(C)(C)C(=O)N2. The van der Waals surface area contributed by atoms with Crippen molar-refractivity contribution >= 4 is 22.5 Å². The summed E-state index contributed by atoms with van der Waals surface area (Å²) in [5, 5.41) is 7.38. The predicted octanol–water partition coefficient (Wildman–Crippen LogP) is 3.61. The Morgan fingerprint density at radius 3 is 2.67 bits per heavy atom. The minimum Gasteiger partial charge on any atom is -0.325 e. The van der Waals surface area contributed by atoms with Gasteiger partial charge in [-0.1, -0.05) is 30.3 Å². The Kier molecular flexibility index (Phi) is 4.12. The number of carbonyl (C=O) groups excluding carboxylic acids is 1. The molecule has 5 heteroatoms. The number of pyridine rings is 1. The van der Waals surface area contributed by atoms with Crippen LogP contribution in [0, 0.1) is 0 Å². The molecular weight excluding hydrogens is 338 g/mol. The summed E-state index contributed by atoms with van der Waals surface area (Å²) in [4.78, 5) is 27.4. The third-order valence-electron chi connectivity index (χ3n) is 5.46. The number of hydrogen-bond donors (Lipinski definition) is 3. The number of fused-ring (bicyclic) bond motifs is 2. The topological polar surface area (TPSA) is 74.0 Å². The molecule has 2 heterocycles. The van der Waals surface area contributed by atoms with Crippen LogP contribution in [-0.2, 0) is 16.8 Å². The van der Waals surface area contributed by atoms with E-state index in [1.165, 1.54) is 0 Å². The molecule has 1 atom stereocenters. The van der Waals surface area contributed by atoms with Gasteiger partial charge < -0.3 is 15.6 Å². The zero-order chi connectivity index (χ0) is 19.2. The number of aromatic nitrogens is 1. The fourth-order valence-electron chi connectivity index (χ4n) is 3.56. The first-order valence-electron chi connectivity index (χ1n) is 9.16. The van der Waals surface area contributed by atoms with Crippen molar-refractivity contribution in [1.29, 1.82) is 0 Å². The number of amides is 1. The first kappa shape index (κ1) is 17.5. The summed E-state index contributed by atoms with van der Waals surface area (Å²) in [5.41, 5.74) is 3.94. The minimum absolute atomic E-state index is 0.0259. The van der Waals surface area contributed by atoms with Crippen molar-refractivity contribution in [2.75, 3.05) is 5.32 Å². The van der Waals surface area contributed by atoms with Gasteiger partial charge in [-0.05, 0) is 55.5 Å². The second-order valence-electron chi connectivity index (χ2n) is 7.70. The van der Waals surface area contributed by atoms with Gasteiger partial charge in [-0.2, -0.15) is 0 Å². The van der Waals surface area contributed by atoms with Crippen molar-refractivity contribution in [2.24, 2.45) is 0 Å². The average molecular weight is 361 g/mol. The Labute approximate surface area is 157 Å². The highest BCUT2D eigenvalue weighted by Crippen LogP contribution is 2.38. The number of H-pyrrole nitrogens is 1. The molecular formula is C22H23N3O2. The van der Waals surface area contributed by atoms with E-state index in [4.69, 9.17) is 0 Å². The lowest BCUT2D eigenvalue weighted by Crippen LogP contribution is -2.27. The summed E-state index contributed by atoms with van der Waals surface area (Å²) < 4.78 is 0. The Balaban J connectivity index is 1.55. The van der Waals surface area contributed by atoms with E-state index in [0.717, 1.165) is 27.7 Å². The van der Waals surface area contributed by atoms with Gasteiger partial charge in [0, 0.05) is 29.4 Å². The van der Waals surface area contributed by atoms with E-state index in [2.05, 4.69) is 28.6 Å². The molecule has 1 aliphatic heterocycles. The molecule has 3 aromatic rings. The number of benzene rings is 2. The van der Waals surface area contributed by atoms with Gasteiger partial charge >= 0.3 is 0 Å². The number of aromatic amines is 1. The second kappa shape index (κ2) is 6.35. The molecule has 4 rings (SSSR count). The first-order valence-corrected chi connectivity index (χ1v) is 9.16. The van der Waals surface area contributed by atoms with Gasteiger partial charge in [-0.25, -0.2) is 0 Å². The van der Waals surface area contributed by atoms with Crippen LogP contribution < -0.4 is 16.2 Å². The van der Waals surface area contributed by atoms with Crippen LogP contribution in [0.1, 0.15) is 43.5 Å². The van der Waals surface area contributed by atoms with Crippen molar-refractivity contribution in [3.63, 3.8) is 0 Å². The van der Waals surface area contributed by atoms with Crippen molar-refractivity contribution in [3.8, 4) is 0 Å². The van der Waals surface area contributed by atoms with E-state index in [1.807, 2.05) is 56.3 Å². The summed E-state index contributed by atoms with van der Waals surface area (Å²) in [6.45, 7) is 6.41. The lowest BCUT2D eigenvalue weighted by Gasteiger charge is -2.19. The fourth-order valence-corrected chi connectivity index (χ4v) is 3.56. The van der Waals surface area contributed by atoms with Crippen molar-refractivity contribution < 1.29 is 4.79 Å². The number of para-hydroxylation sites is 1. The maximum absolute atomic E-state index is 12.3. The van der Waals surface area contributed by atoms with Gasteiger partial charge in [0.1, 0.15) is 0 Å². The molecule has 3 N–H and O–H groups in total. The molecule has 0 saturated carbocycles. The molecule has 0 bridgehead atoms. The Bertz CT molecular complexity index is 1100. The summed E-state index contributed by atoms with van der Waals surface area (Å²) in [6.07, 6.45) is 0. The highest BCUT2D eigenvalue weighted by Gasteiger charge is 2.38. The monoisotopic (exact) mass is 361 g/mol. The van der Waals surface area contributed by atoms with E-state index < -0.39 is 5.41 Å². The largest absolute Gasteiger partial charge is 0.325 e. The van der Waals surface area contributed by atoms with Gasteiger partial charge in [0.15, 0.2) is 0 Å². The zero-order valence-electron chi connectivity index (χ0n) is 15.7. The van der Waals surface area contributed by atoms with Gasteiger partial charge in [0.2, 0.25) is 5.91 Å². The highest BCUT2D eigenvalue weighted by atomic mass is 16.2.